The van der Waals surface area contributed by atoms with E-state index in [0.717, 1.165) is 47.6 Å². The molecule has 2 aliphatic rings. The van der Waals surface area contributed by atoms with Crippen molar-refractivity contribution in [2.45, 2.75) is 63.7 Å². The zero-order valence-corrected chi connectivity index (χ0v) is 26.2. The number of carbonyl (C=O) groups is 1. The second-order valence-corrected chi connectivity index (χ2v) is 11.3. The minimum atomic E-state index is -0.245. The molecular formula is C34H45FN4OS. The minimum Gasteiger partial charge on any atom is -0.365 e. The van der Waals surface area contributed by atoms with Gasteiger partial charge < -0.3 is 9.80 Å². The van der Waals surface area contributed by atoms with Crippen molar-refractivity contribution in [1.29, 1.82) is 0 Å². The number of anilines is 1. The lowest BCUT2D eigenvalue weighted by atomic mass is 9.91. The molecule has 7 heteroatoms. The van der Waals surface area contributed by atoms with Crippen LogP contribution >= 0.6 is 11.9 Å². The summed E-state index contributed by atoms with van der Waals surface area (Å²) in [6.07, 6.45) is 5.71. The maximum atomic E-state index is 13.7. The number of likely N-dealkylation sites (N-methyl/N-ethyl adjacent to an activating group) is 1. The highest BCUT2D eigenvalue weighted by Gasteiger charge is 2.46. The Labute approximate surface area is 250 Å². The van der Waals surface area contributed by atoms with Crippen LogP contribution in [-0.4, -0.2) is 44.3 Å². The molecule has 1 saturated carbocycles. The van der Waals surface area contributed by atoms with Gasteiger partial charge in [0.2, 0.25) is 5.91 Å². The predicted octanol–water partition coefficient (Wildman–Crippen LogP) is 7.42. The Hall–Kier alpha value is -3.16. The number of nitrogens with zero attached hydrogens (tertiary/aromatic N) is 3. The second-order valence-electron chi connectivity index (χ2n) is 10.6. The van der Waals surface area contributed by atoms with Crippen LogP contribution in [-0.2, 0) is 17.6 Å². The van der Waals surface area contributed by atoms with E-state index in [0.29, 0.717) is 12.5 Å². The summed E-state index contributed by atoms with van der Waals surface area (Å²) >= 11 is 1.04. The largest absolute Gasteiger partial charge is 0.365 e. The van der Waals surface area contributed by atoms with Gasteiger partial charge >= 0.3 is 0 Å². The Morgan fingerprint density at radius 1 is 1.00 bits per heavy atom. The maximum absolute atomic E-state index is 13.7. The SMILES string of the molecule is CC.CN=C(CN(C(=O)[C@H]1C[C@@H]1c1ccc(C)cc1)c1ccc2c(c1)CCCC2)N(C)C.NSc1cccc(F)c1. The molecule has 1 fully saturated rings. The van der Waals surface area contributed by atoms with Gasteiger partial charge in [-0.25, -0.2) is 4.39 Å². The van der Waals surface area contributed by atoms with Gasteiger partial charge in [0.25, 0.3) is 0 Å². The van der Waals surface area contributed by atoms with Crippen molar-refractivity contribution in [3.05, 3.63) is 94.8 Å². The summed E-state index contributed by atoms with van der Waals surface area (Å²) in [5, 5.41) is 5.17. The molecule has 0 aliphatic heterocycles. The monoisotopic (exact) mass is 576 g/mol. The van der Waals surface area contributed by atoms with Crippen molar-refractivity contribution < 1.29 is 9.18 Å². The number of rotatable bonds is 6. The summed E-state index contributed by atoms with van der Waals surface area (Å²) in [4.78, 5) is 22.8. The Kier molecular flexibility index (Phi) is 12.4. The predicted molar refractivity (Wildman–Crippen MR) is 172 cm³/mol. The lowest BCUT2D eigenvalue weighted by Gasteiger charge is -2.28. The third-order valence-electron chi connectivity index (χ3n) is 7.53. The smallest absolute Gasteiger partial charge is 0.231 e. The van der Waals surface area contributed by atoms with Crippen LogP contribution in [0, 0.1) is 18.7 Å². The van der Waals surface area contributed by atoms with Crippen LogP contribution in [0.25, 0.3) is 0 Å². The molecule has 2 atom stereocenters. The molecular weight excluding hydrogens is 531 g/mol. The van der Waals surface area contributed by atoms with Crippen molar-refractivity contribution in [3.8, 4) is 0 Å². The van der Waals surface area contributed by atoms with E-state index in [1.165, 1.54) is 47.2 Å². The van der Waals surface area contributed by atoms with Gasteiger partial charge in [-0.2, -0.15) is 0 Å². The number of carbonyl (C=O) groups excluding carboxylic acids is 1. The fourth-order valence-electron chi connectivity index (χ4n) is 5.13. The normalized spacial score (nSPS) is 17.2. The number of aliphatic imine (C=N–C) groups is 1. The number of hydrogen-bond donors (Lipinski definition) is 1. The minimum absolute atomic E-state index is 0.0593. The standard InChI is InChI=1S/C26H33N3O.C6H6FNS.C2H6/c1-18-9-11-20(12-10-18)23-16-24(23)26(30)29(17-25(27-2)28(3)4)22-14-13-19-7-5-6-8-21(19)15-22;7-5-2-1-3-6(4-5)9-8;1-2/h9-15,23-24H,5-8,16-17H2,1-4H3;1-4H,8H2;1-2H3/t23-,24+;;/m1../s1. The fourth-order valence-corrected chi connectivity index (χ4v) is 5.47. The van der Waals surface area contributed by atoms with E-state index in [2.05, 4.69) is 54.4 Å². The van der Waals surface area contributed by atoms with Crippen molar-refractivity contribution in [2.24, 2.45) is 16.0 Å². The summed E-state index contributed by atoms with van der Waals surface area (Å²) < 4.78 is 12.3. The lowest BCUT2D eigenvalue weighted by Crippen LogP contribution is -2.41. The molecule has 3 aromatic carbocycles. The van der Waals surface area contributed by atoms with Gasteiger partial charge in [0, 0.05) is 37.6 Å². The Balaban J connectivity index is 0.000000355. The first-order chi connectivity index (χ1) is 19.8. The number of nitrogens with two attached hydrogens (primary N) is 1. The van der Waals surface area contributed by atoms with Crippen LogP contribution in [0.15, 0.2) is 76.6 Å². The molecule has 2 aliphatic carbocycles. The number of fused-ring (bicyclic) bond motifs is 1. The summed E-state index contributed by atoms with van der Waals surface area (Å²) in [6.45, 7) is 6.61. The van der Waals surface area contributed by atoms with Crippen LogP contribution < -0.4 is 10.0 Å². The van der Waals surface area contributed by atoms with Crippen molar-refractivity contribution in [2.75, 3.05) is 32.6 Å². The van der Waals surface area contributed by atoms with Gasteiger partial charge in [-0.1, -0.05) is 55.8 Å². The van der Waals surface area contributed by atoms with Crippen LogP contribution in [0.3, 0.4) is 0 Å². The first-order valence-electron chi connectivity index (χ1n) is 14.6. The van der Waals surface area contributed by atoms with Gasteiger partial charge in [0.1, 0.15) is 11.7 Å². The fraction of sp³-hybridized carbons (Fsp3) is 0.412. The van der Waals surface area contributed by atoms with Crippen molar-refractivity contribution in [1.82, 2.24) is 4.90 Å². The molecule has 41 heavy (non-hydrogen) atoms. The van der Waals surface area contributed by atoms with Gasteiger partial charge in [0.05, 0.1) is 6.54 Å². The lowest BCUT2D eigenvalue weighted by molar-refractivity contribution is -0.119. The molecule has 0 bridgehead atoms. The van der Waals surface area contributed by atoms with Gasteiger partial charge in [-0.3, -0.25) is 14.9 Å². The second kappa shape index (κ2) is 15.7. The molecule has 2 N–H and O–H groups in total. The highest BCUT2D eigenvalue weighted by Crippen LogP contribution is 2.49. The molecule has 0 heterocycles. The van der Waals surface area contributed by atoms with E-state index in [1.54, 1.807) is 19.2 Å². The van der Waals surface area contributed by atoms with E-state index in [9.17, 15) is 9.18 Å². The number of hydrogen-bond acceptors (Lipinski definition) is 4. The van der Waals surface area contributed by atoms with E-state index < -0.39 is 0 Å². The topological polar surface area (TPSA) is 61.9 Å². The van der Waals surface area contributed by atoms with E-state index >= 15 is 0 Å². The number of benzene rings is 3. The van der Waals surface area contributed by atoms with Crippen LogP contribution in [0.2, 0.25) is 0 Å². The number of halogens is 1. The molecule has 0 radical (unpaired) electrons. The Bertz CT molecular complexity index is 1310. The zero-order valence-electron chi connectivity index (χ0n) is 25.4. The van der Waals surface area contributed by atoms with Crippen LogP contribution in [0.5, 0.6) is 0 Å². The molecule has 0 saturated heterocycles. The zero-order chi connectivity index (χ0) is 29.9. The van der Waals surface area contributed by atoms with E-state index in [4.69, 9.17) is 5.14 Å². The van der Waals surface area contributed by atoms with Crippen molar-refractivity contribution >= 4 is 29.4 Å². The Morgan fingerprint density at radius 3 is 2.27 bits per heavy atom. The maximum Gasteiger partial charge on any atom is 0.231 e. The number of amides is 1. The third-order valence-corrected chi connectivity index (χ3v) is 8.06. The van der Waals surface area contributed by atoms with E-state index in [-0.39, 0.29) is 17.6 Å². The highest BCUT2D eigenvalue weighted by molar-refractivity contribution is 7.97. The van der Waals surface area contributed by atoms with Crippen LogP contribution in [0.4, 0.5) is 10.1 Å². The first kappa shape index (κ1) is 32.4. The summed E-state index contributed by atoms with van der Waals surface area (Å²) in [5.41, 5.74) is 6.40. The third kappa shape index (κ3) is 8.91. The average Bonchev–Trinajstić information content (AvgIpc) is 3.80. The van der Waals surface area contributed by atoms with E-state index in [1.807, 2.05) is 37.7 Å². The van der Waals surface area contributed by atoms with Crippen LogP contribution in [0.1, 0.15) is 61.3 Å². The Morgan fingerprint density at radius 2 is 1.68 bits per heavy atom. The highest BCUT2D eigenvalue weighted by atomic mass is 32.2. The number of aryl methyl sites for hydroxylation is 3. The van der Waals surface area contributed by atoms with Crippen molar-refractivity contribution in [3.63, 3.8) is 0 Å². The molecule has 3 aromatic rings. The summed E-state index contributed by atoms with van der Waals surface area (Å²) in [7, 11) is 5.78. The van der Waals surface area contributed by atoms with Gasteiger partial charge in [-0.05, 0) is 104 Å². The average molecular weight is 577 g/mol. The molecule has 220 valence electrons. The molecule has 0 aromatic heterocycles. The number of amidine groups is 1. The molecule has 5 rings (SSSR count). The molecule has 5 nitrogen and oxygen atoms in total. The quantitative estimate of drug-likeness (QED) is 0.188. The van der Waals surface area contributed by atoms with Gasteiger partial charge in [0.15, 0.2) is 0 Å². The summed E-state index contributed by atoms with van der Waals surface area (Å²) in [5.74, 6) is 1.28. The molecule has 0 spiro atoms. The first-order valence-corrected chi connectivity index (χ1v) is 15.4. The van der Waals surface area contributed by atoms with Gasteiger partial charge in [-0.15, -0.1) is 0 Å². The molecule has 0 unspecified atom stereocenters. The summed E-state index contributed by atoms with van der Waals surface area (Å²) in [6, 6.07) is 21.4. The molecule has 1 amide bonds.